The highest BCUT2D eigenvalue weighted by Gasteiger charge is 2.03. The van der Waals surface area contributed by atoms with Crippen molar-refractivity contribution in [1.82, 2.24) is 0 Å². The molecule has 2 rings (SSSR count). The quantitative estimate of drug-likeness (QED) is 0.916. The van der Waals surface area contributed by atoms with Crippen LogP contribution in [0.4, 0.5) is 0 Å². The molecule has 0 amide bonds. The van der Waals surface area contributed by atoms with Gasteiger partial charge in [0.05, 0.1) is 4.90 Å². The highest BCUT2D eigenvalue weighted by atomic mass is 32.2. The molecule has 19 heavy (non-hydrogen) atoms. The first kappa shape index (κ1) is 15.4. The number of hydrogen-bond donors (Lipinski definition) is 1. The largest absolute Gasteiger partial charge is 0.238 e. The number of sulfonamides is 1. The second-order valence-electron chi connectivity index (χ2n) is 4.42. The van der Waals surface area contributed by atoms with Crippen LogP contribution in [0.5, 0.6) is 0 Å². The molecule has 0 bridgehead atoms. The van der Waals surface area contributed by atoms with E-state index in [2.05, 4.69) is 38.1 Å². The maximum Gasteiger partial charge on any atom is 0.238 e. The third-order valence-electron chi connectivity index (χ3n) is 2.54. The molecule has 2 aromatic rings. The molecule has 0 saturated carbocycles. The Morgan fingerprint density at radius 3 is 1.53 bits per heavy atom. The minimum Gasteiger partial charge on any atom is -0.225 e. The molecule has 0 saturated heterocycles. The normalized spacial score (nSPS) is 10.7. The van der Waals surface area contributed by atoms with Gasteiger partial charge in [0.15, 0.2) is 0 Å². The molecule has 0 aromatic heterocycles. The molecule has 0 fully saturated rings. The summed E-state index contributed by atoms with van der Waals surface area (Å²) in [5.41, 5.74) is 1.41. The van der Waals surface area contributed by atoms with E-state index in [-0.39, 0.29) is 4.90 Å². The molecule has 2 N–H and O–H groups in total. The number of benzene rings is 2. The average molecular weight is 277 g/mol. The number of nitrogens with two attached hydrogens (primary N) is 1. The monoisotopic (exact) mass is 277 g/mol. The fraction of sp³-hybridized carbons (Fsp3) is 0.200. The highest BCUT2D eigenvalue weighted by molar-refractivity contribution is 7.89. The molecule has 0 radical (unpaired) electrons. The van der Waals surface area contributed by atoms with Crippen molar-refractivity contribution in [2.75, 3.05) is 0 Å². The van der Waals surface area contributed by atoms with E-state index in [0.717, 1.165) is 0 Å². The Labute approximate surface area is 115 Å². The lowest BCUT2D eigenvalue weighted by atomic mass is 10.0. The van der Waals surface area contributed by atoms with Crippen molar-refractivity contribution in [2.24, 2.45) is 5.14 Å². The maximum atomic E-state index is 10.6. The Hall–Kier alpha value is -1.65. The lowest BCUT2D eigenvalue weighted by Gasteiger charge is -2.01. The van der Waals surface area contributed by atoms with Crippen LogP contribution in [-0.4, -0.2) is 8.42 Å². The fourth-order valence-corrected chi connectivity index (χ4v) is 1.98. The van der Waals surface area contributed by atoms with Crippen LogP contribution in [0.15, 0.2) is 65.6 Å². The van der Waals surface area contributed by atoms with Crippen molar-refractivity contribution < 1.29 is 8.42 Å². The van der Waals surface area contributed by atoms with E-state index in [1.807, 2.05) is 6.07 Å². The van der Waals surface area contributed by atoms with E-state index in [1.165, 1.54) is 17.7 Å². The minimum atomic E-state index is -3.50. The van der Waals surface area contributed by atoms with Crippen molar-refractivity contribution in [1.29, 1.82) is 0 Å². The molecule has 0 atom stereocenters. The Morgan fingerprint density at radius 1 is 0.842 bits per heavy atom. The first-order chi connectivity index (χ1) is 8.91. The van der Waals surface area contributed by atoms with Gasteiger partial charge in [-0.2, -0.15) is 0 Å². The van der Waals surface area contributed by atoms with Crippen LogP contribution >= 0.6 is 0 Å². The van der Waals surface area contributed by atoms with Gasteiger partial charge in [0.1, 0.15) is 0 Å². The van der Waals surface area contributed by atoms with E-state index in [1.54, 1.807) is 18.2 Å². The second kappa shape index (κ2) is 7.07. The standard InChI is InChI=1S/C9H12.C6H7NO2S/c1-8(2)9-6-4-3-5-7-9;7-10(8,9)6-4-2-1-3-5-6/h3-8H,1-2H3;1-5H,(H2,7,8,9). The van der Waals surface area contributed by atoms with Gasteiger partial charge < -0.3 is 0 Å². The summed E-state index contributed by atoms with van der Waals surface area (Å²) in [6.07, 6.45) is 0. The van der Waals surface area contributed by atoms with Gasteiger partial charge in [-0.05, 0) is 23.6 Å². The van der Waals surface area contributed by atoms with Gasteiger partial charge in [-0.1, -0.05) is 62.4 Å². The number of primary sulfonamides is 1. The Balaban J connectivity index is 0.000000191. The number of hydrogen-bond acceptors (Lipinski definition) is 2. The Morgan fingerprint density at radius 2 is 1.26 bits per heavy atom. The van der Waals surface area contributed by atoms with Gasteiger partial charge >= 0.3 is 0 Å². The average Bonchev–Trinajstić information content (AvgIpc) is 2.40. The van der Waals surface area contributed by atoms with Crippen molar-refractivity contribution in [3.05, 3.63) is 66.2 Å². The molecule has 4 heteroatoms. The van der Waals surface area contributed by atoms with E-state index >= 15 is 0 Å². The first-order valence-electron chi connectivity index (χ1n) is 6.04. The molecule has 102 valence electrons. The minimum absolute atomic E-state index is 0.148. The topological polar surface area (TPSA) is 60.2 Å². The van der Waals surface area contributed by atoms with Gasteiger partial charge in [0.2, 0.25) is 10.0 Å². The van der Waals surface area contributed by atoms with Crippen LogP contribution in [0.3, 0.4) is 0 Å². The van der Waals surface area contributed by atoms with Crippen LogP contribution in [0, 0.1) is 0 Å². The van der Waals surface area contributed by atoms with Crippen molar-refractivity contribution in [2.45, 2.75) is 24.7 Å². The van der Waals surface area contributed by atoms with Gasteiger partial charge in [-0.25, -0.2) is 13.6 Å². The molecular weight excluding hydrogens is 258 g/mol. The van der Waals surface area contributed by atoms with Crippen LogP contribution in [0.2, 0.25) is 0 Å². The summed E-state index contributed by atoms with van der Waals surface area (Å²) in [5.74, 6) is 0.659. The van der Waals surface area contributed by atoms with Crippen molar-refractivity contribution >= 4 is 10.0 Å². The van der Waals surface area contributed by atoms with Crippen LogP contribution in [0.25, 0.3) is 0 Å². The molecular formula is C15H19NO2S. The first-order valence-corrected chi connectivity index (χ1v) is 7.58. The number of rotatable bonds is 2. The van der Waals surface area contributed by atoms with Gasteiger partial charge in [0.25, 0.3) is 0 Å². The van der Waals surface area contributed by atoms with E-state index < -0.39 is 10.0 Å². The molecule has 0 aliphatic rings. The van der Waals surface area contributed by atoms with Gasteiger partial charge in [-0.3, -0.25) is 0 Å². The predicted molar refractivity (Wildman–Crippen MR) is 78.3 cm³/mol. The zero-order valence-corrected chi connectivity index (χ0v) is 12.0. The van der Waals surface area contributed by atoms with Crippen molar-refractivity contribution in [3.63, 3.8) is 0 Å². The molecule has 0 unspecified atom stereocenters. The Bertz CT molecular complexity index is 578. The molecule has 0 spiro atoms. The van der Waals surface area contributed by atoms with Crippen LogP contribution < -0.4 is 5.14 Å². The summed E-state index contributed by atoms with van der Waals surface area (Å²) in [6, 6.07) is 18.4. The summed E-state index contributed by atoms with van der Waals surface area (Å²) in [7, 11) is -3.50. The molecule has 0 aliphatic carbocycles. The van der Waals surface area contributed by atoms with E-state index in [4.69, 9.17) is 5.14 Å². The van der Waals surface area contributed by atoms with Crippen LogP contribution in [0.1, 0.15) is 25.3 Å². The SMILES string of the molecule is CC(C)c1ccccc1.NS(=O)(=O)c1ccccc1. The molecule has 0 aliphatic heterocycles. The van der Waals surface area contributed by atoms with Crippen LogP contribution in [-0.2, 0) is 10.0 Å². The second-order valence-corrected chi connectivity index (χ2v) is 5.98. The third-order valence-corrected chi connectivity index (χ3v) is 3.47. The lowest BCUT2D eigenvalue weighted by Crippen LogP contribution is -2.11. The fourth-order valence-electron chi connectivity index (χ4n) is 1.45. The van der Waals surface area contributed by atoms with E-state index in [9.17, 15) is 8.42 Å². The molecule has 3 nitrogen and oxygen atoms in total. The summed E-state index contributed by atoms with van der Waals surface area (Å²) in [5, 5.41) is 4.83. The van der Waals surface area contributed by atoms with Crippen molar-refractivity contribution in [3.8, 4) is 0 Å². The summed E-state index contributed by atoms with van der Waals surface area (Å²) in [4.78, 5) is 0.148. The molecule has 2 aromatic carbocycles. The predicted octanol–water partition coefficient (Wildman–Crippen LogP) is 3.14. The summed E-state index contributed by atoms with van der Waals surface area (Å²) < 4.78 is 21.2. The van der Waals surface area contributed by atoms with Gasteiger partial charge in [-0.15, -0.1) is 0 Å². The zero-order valence-electron chi connectivity index (χ0n) is 11.2. The third kappa shape index (κ3) is 5.68. The van der Waals surface area contributed by atoms with Gasteiger partial charge in [0, 0.05) is 0 Å². The highest BCUT2D eigenvalue weighted by Crippen LogP contribution is 2.11. The Kier molecular flexibility index (Phi) is 5.73. The zero-order chi connectivity index (χ0) is 14.3. The maximum absolute atomic E-state index is 10.6. The lowest BCUT2D eigenvalue weighted by molar-refractivity contribution is 0.598. The summed E-state index contributed by atoms with van der Waals surface area (Å²) in [6.45, 7) is 4.41. The van der Waals surface area contributed by atoms with E-state index in [0.29, 0.717) is 5.92 Å². The smallest absolute Gasteiger partial charge is 0.225 e. The molecule has 0 heterocycles. The summed E-state index contributed by atoms with van der Waals surface area (Å²) >= 11 is 0.